The number of rotatable bonds is 7. The van der Waals surface area contributed by atoms with E-state index in [9.17, 15) is 26.8 Å². The van der Waals surface area contributed by atoms with E-state index in [4.69, 9.17) is 9.84 Å². The number of carbonyl (C=O) groups is 2. The van der Waals surface area contributed by atoms with Gasteiger partial charge in [0.25, 0.3) is 10.0 Å². The molecule has 1 saturated heterocycles. The van der Waals surface area contributed by atoms with Crippen LogP contribution < -0.4 is 14.4 Å². The molecular weight excluding hydrogens is 568 g/mol. The predicted octanol–water partition coefficient (Wildman–Crippen LogP) is 4.79. The number of halogens is 2. The monoisotopic (exact) mass is 599 g/mol. The lowest BCUT2D eigenvalue weighted by atomic mass is 9.97. The number of fused-ring (bicyclic) bond motifs is 1. The van der Waals surface area contributed by atoms with Gasteiger partial charge in [-0.1, -0.05) is 18.2 Å². The van der Waals surface area contributed by atoms with E-state index in [1.165, 1.54) is 22.5 Å². The summed E-state index contributed by atoms with van der Waals surface area (Å²) in [6.07, 6.45) is 0.445. The lowest BCUT2D eigenvalue weighted by Crippen LogP contribution is -2.47. The van der Waals surface area contributed by atoms with Gasteiger partial charge in [0.05, 0.1) is 23.0 Å². The molecule has 1 atom stereocenters. The molecule has 0 spiro atoms. The number of aliphatic carboxylic acids is 1. The van der Waals surface area contributed by atoms with Crippen molar-refractivity contribution in [3.05, 3.63) is 77.9 Å². The number of aryl methyl sites for hydroxylation is 1. The van der Waals surface area contributed by atoms with E-state index < -0.39 is 39.6 Å². The molecule has 2 N–H and O–H groups in total. The zero-order chi connectivity index (χ0) is 30.0. The molecule has 2 amide bonds. The summed E-state index contributed by atoms with van der Waals surface area (Å²) in [6.45, 7) is 2.59. The topological polar surface area (TPSA) is 116 Å². The van der Waals surface area contributed by atoms with Crippen LogP contribution in [0.1, 0.15) is 24.8 Å². The normalized spacial score (nSPS) is 17.4. The van der Waals surface area contributed by atoms with Gasteiger partial charge in [-0.15, -0.1) is 0 Å². The number of nitrogens with zero attached hydrogens (tertiary/aromatic N) is 2. The summed E-state index contributed by atoms with van der Waals surface area (Å²) in [7, 11) is -4.08. The summed E-state index contributed by atoms with van der Waals surface area (Å²) < 4.78 is 63.7. The number of likely N-dealkylation sites (tertiary alicyclic amines) is 1. The summed E-state index contributed by atoms with van der Waals surface area (Å²) >= 11 is 0. The van der Waals surface area contributed by atoms with Crippen molar-refractivity contribution in [2.24, 2.45) is 5.92 Å². The zero-order valence-corrected chi connectivity index (χ0v) is 23.7. The van der Waals surface area contributed by atoms with Crippen molar-refractivity contribution in [3.8, 4) is 16.9 Å². The summed E-state index contributed by atoms with van der Waals surface area (Å²) in [5.74, 6) is -2.34. The highest BCUT2D eigenvalue weighted by Gasteiger charge is 2.35. The molecule has 3 aromatic rings. The number of anilines is 1. The van der Waals surface area contributed by atoms with Crippen LogP contribution in [0.3, 0.4) is 0 Å². The van der Waals surface area contributed by atoms with Crippen molar-refractivity contribution < 1.29 is 36.6 Å². The van der Waals surface area contributed by atoms with Crippen LogP contribution in [-0.2, 0) is 14.8 Å². The Kier molecular flexibility index (Phi) is 8.35. The molecule has 0 radical (unpaired) electrons. The maximum absolute atomic E-state index is 14.6. The summed E-state index contributed by atoms with van der Waals surface area (Å²) in [6, 6.07) is 13.8. The molecule has 5 rings (SSSR count). The third-order valence-electron chi connectivity index (χ3n) is 7.58. The van der Waals surface area contributed by atoms with E-state index in [0.29, 0.717) is 25.9 Å². The van der Waals surface area contributed by atoms with Gasteiger partial charge in [0.15, 0.2) is 0 Å². The van der Waals surface area contributed by atoms with Crippen molar-refractivity contribution in [2.45, 2.75) is 37.2 Å². The number of carboxylic acids is 1. The molecule has 0 saturated carbocycles. The number of urea groups is 1. The smallest absolute Gasteiger partial charge is 0.317 e. The number of sulfonamides is 1. The highest BCUT2D eigenvalue weighted by molar-refractivity contribution is 7.92. The van der Waals surface area contributed by atoms with Crippen molar-refractivity contribution in [1.29, 1.82) is 0 Å². The molecular formula is C30H31F2N3O6S. The molecule has 2 aliphatic rings. The Labute approximate surface area is 242 Å². The van der Waals surface area contributed by atoms with Gasteiger partial charge in [0.2, 0.25) is 0 Å². The summed E-state index contributed by atoms with van der Waals surface area (Å²) in [5.41, 5.74) is 1.23. The molecule has 0 unspecified atom stereocenters. The molecule has 2 aliphatic heterocycles. The van der Waals surface area contributed by atoms with Crippen LogP contribution in [-0.4, -0.2) is 62.7 Å². The first-order chi connectivity index (χ1) is 20.0. The number of ether oxygens (including phenoxy) is 1. The average Bonchev–Trinajstić information content (AvgIpc) is 2.97. The van der Waals surface area contributed by atoms with E-state index in [0.717, 1.165) is 23.8 Å². The number of nitrogens with one attached hydrogen (secondary N) is 1. The Morgan fingerprint density at radius 3 is 2.52 bits per heavy atom. The van der Waals surface area contributed by atoms with Gasteiger partial charge < -0.3 is 20.1 Å². The van der Waals surface area contributed by atoms with Crippen LogP contribution in [0.2, 0.25) is 0 Å². The van der Waals surface area contributed by atoms with Crippen LogP contribution in [0, 0.1) is 24.5 Å². The number of carboxylic acid groups (broad SMARTS) is 1. The molecule has 0 aromatic heterocycles. The van der Waals surface area contributed by atoms with E-state index >= 15 is 0 Å². The first-order valence-corrected chi connectivity index (χ1v) is 15.1. The molecule has 1 fully saturated rings. The van der Waals surface area contributed by atoms with Crippen LogP contribution in [0.5, 0.6) is 5.75 Å². The number of amides is 2. The second-order valence-corrected chi connectivity index (χ2v) is 12.4. The third-order valence-corrected chi connectivity index (χ3v) is 9.36. The minimum atomic E-state index is -4.08. The first kappa shape index (κ1) is 29.3. The Morgan fingerprint density at radius 1 is 1.05 bits per heavy atom. The second-order valence-electron chi connectivity index (χ2n) is 10.5. The van der Waals surface area contributed by atoms with E-state index in [-0.39, 0.29) is 53.0 Å². The summed E-state index contributed by atoms with van der Waals surface area (Å²) in [5, 5.41) is 12.0. The van der Waals surface area contributed by atoms with E-state index in [1.54, 1.807) is 36.1 Å². The average molecular weight is 600 g/mol. The SMILES string of the molecule is Cc1cccc(S(=O)(=O)N2C[C@H](CCNC(=O)N3CCC(C(=O)O)CC3)Oc3ccc(-c4cc(F)ccc4F)cc32)c1. The lowest BCUT2D eigenvalue weighted by molar-refractivity contribution is -0.143. The van der Waals surface area contributed by atoms with Gasteiger partial charge in [-0.25, -0.2) is 22.0 Å². The first-order valence-electron chi connectivity index (χ1n) is 13.6. The zero-order valence-electron chi connectivity index (χ0n) is 22.9. The maximum Gasteiger partial charge on any atom is 0.317 e. The fraction of sp³-hybridized carbons (Fsp3) is 0.333. The highest BCUT2D eigenvalue weighted by Crippen LogP contribution is 2.41. The van der Waals surface area contributed by atoms with Gasteiger partial charge in [-0.2, -0.15) is 0 Å². The Bertz CT molecular complexity index is 1610. The largest absolute Gasteiger partial charge is 0.486 e. The minimum absolute atomic E-state index is 0.0112. The van der Waals surface area contributed by atoms with Gasteiger partial charge in [-0.05, 0) is 73.4 Å². The van der Waals surface area contributed by atoms with Gasteiger partial charge >= 0.3 is 12.0 Å². The molecule has 42 heavy (non-hydrogen) atoms. The predicted molar refractivity (Wildman–Crippen MR) is 152 cm³/mol. The number of piperidine rings is 1. The van der Waals surface area contributed by atoms with Crippen molar-refractivity contribution in [1.82, 2.24) is 10.2 Å². The number of benzene rings is 3. The molecule has 9 nitrogen and oxygen atoms in total. The van der Waals surface area contributed by atoms with Crippen LogP contribution in [0.25, 0.3) is 11.1 Å². The van der Waals surface area contributed by atoms with Gasteiger partial charge in [-0.3, -0.25) is 9.10 Å². The standard InChI is InChI=1S/C30H31F2N3O6S/c1-19-3-2-4-24(15-19)42(39,40)35-18-23(9-12-33-30(38)34-13-10-20(11-14-34)29(36)37)41-28-8-5-21(16-27(28)35)25-17-22(31)6-7-26(25)32/h2-8,15-17,20,23H,9-14,18H2,1H3,(H,33,38)(H,36,37)/t23-/m0/s1. The van der Waals surface area contributed by atoms with Gasteiger partial charge in [0.1, 0.15) is 23.5 Å². The number of hydrogen-bond donors (Lipinski definition) is 2. The minimum Gasteiger partial charge on any atom is -0.486 e. The quantitative estimate of drug-likeness (QED) is 0.404. The van der Waals surface area contributed by atoms with Crippen LogP contribution in [0.15, 0.2) is 65.6 Å². The molecule has 0 aliphatic carbocycles. The molecule has 2 heterocycles. The molecule has 3 aromatic carbocycles. The molecule has 0 bridgehead atoms. The van der Waals surface area contributed by atoms with E-state index in [1.807, 2.05) is 0 Å². The Balaban J connectivity index is 1.37. The van der Waals surface area contributed by atoms with Gasteiger partial charge in [0, 0.05) is 31.6 Å². The number of carbonyl (C=O) groups excluding carboxylic acids is 1. The molecule has 12 heteroatoms. The lowest BCUT2D eigenvalue weighted by Gasteiger charge is -2.36. The Hall–Kier alpha value is -4.19. The van der Waals surface area contributed by atoms with E-state index in [2.05, 4.69) is 5.32 Å². The summed E-state index contributed by atoms with van der Waals surface area (Å²) in [4.78, 5) is 25.5. The number of hydrogen-bond acceptors (Lipinski definition) is 5. The maximum atomic E-state index is 14.6. The van der Waals surface area contributed by atoms with Crippen molar-refractivity contribution in [3.63, 3.8) is 0 Å². The second kappa shape index (κ2) is 12.0. The molecule has 222 valence electrons. The fourth-order valence-corrected chi connectivity index (χ4v) is 6.86. The van der Waals surface area contributed by atoms with Crippen LogP contribution in [0.4, 0.5) is 19.3 Å². The highest BCUT2D eigenvalue weighted by atomic mass is 32.2. The fourth-order valence-electron chi connectivity index (χ4n) is 5.26. The van der Waals surface area contributed by atoms with Crippen LogP contribution >= 0.6 is 0 Å². The Morgan fingerprint density at radius 2 is 1.81 bits per heavy atom. The third kappa shape index (κ3) is 6.18. The van der Waals surface area contributed by atoms with Crippen molar-refractivity contribution in [2.75, 3.05) is 30.5 Å². The van der Waals surface area contributed by atoms with Crippen molar-refractivity contribution >= 4 is 27.7 Å².